The van der Waals surface area contributed by atoms with Crippen LogP contribution in [0.5, 0.6) is 0 Å². The topological polar surface area (TPSA) is 107 Å². The molecule has 0 aliphatic carbocycles. The second kappa shape index (κ2) is 7.40. The Morgan fingerprint density at radius 3 is 2.79 bits per heavy atom. The molecule has 1 fully saturated rings. The van der Waals surface area contributed by atoms with Crippen molar-refractivity contribution in [2.75, 3.05) is 13.1 Å². The van der Waals surface area contributed by atoms with E-state index in [0.717, 1.165) is 18.0 Å². The molecule has 1 aliphatic heterocycles. The predicted molar refractivity (Wildman–Crippen MR) is 108 cm³/mol. The van der Waals surface area contributed by atoms with E-state index >= 15 is 0 Å². The van der Waals surface area contributed by atoms with Crippen LogP contribution in [0.2, 0.25) is 5.02 Å². The van der Waals surface area contributed by atoms with Gasteiger partial charge in [-0.1, -0.05) is 23.7 Å². The molecule has 8 nitrogen and oxygen atoms in total. The maximum Gasteiger partial charge on any atom is 0.275 e. The molecule has 29 heavy (non-hydrogen) atoms. The Balaban J connectivity index is 1.66. The fraction of sp³-hybridized carbons (Fsp3) is 0.316. The number of rotatable bonds is 4. The Bertz CT molecular complexity index is 1170. The smallest absolute Gasteiger partial charge is 0.275 e. The van der Waals surface area contributed by atoms with Crippen LogP contribution < -0.4 is 0 Å². The van der Waals surface area contributed by atoms with Crippen molar-refractivity contribution in [1.29, 1.82) is 0 Å². The van der Waals surface area contributed by atoms with Gasteiger partial charge in [0.05, 0.1) is 14.8 Å². The lowest BCUT2D eigenvalue weighted by Gasteiger charge is -2.30. The van der Waals surface area contributed by atoms with Gasteiger partial charge < -0.3 is 4.42 Å². The third-order valence-corrected chi connectivity index (χ3v) is 7.40. The first kappa shape index (κ1) is 19.8. The predicted octanol–water partition coefficient (Wildman–Crippen LogP) is 4.27. The Kier molecular flexibility index (Phi) is 5.05. The molecule has 4 rings (SSSR count). The van der Waals surface area contributed by atoms with Crippen LogP contribution in [0.1, 0.15) is 30.2 Å². The Hall–Kier alpha value is -2.49. The number of hydrogen-bond donors (Lipinski definition) is 0. The Morgan fingerprint density at radius 2 is 2.07 bits per heavy atom. The fourth-order valence-corrected chi connectivity index (χ4v) is 5.40. The summed E-state index contributed by atoms with van der Waals surface area (Å²) >= 11 is 6.07. The first-order valence-electron chi connectivity index (χ1n) is 9.07. The number of aromatic nitrogens is 1. The van der Waals surface area contributed by atoms with Gasteiger partial charge in [0.15, 0.2) is 11.5 Å². The molecule has 152 valence electrons. The van der Waals surface area contributed by atoms with Gasteiger partial charge in [-0.05, 0) is 38.0 Å². The van der Waals surface area contributed by atoms with Crippen molar-refractivity contribution >= 4 is 38.4 Å². The number of nitro benzene ring substituents is 1. The quantitative estimate of drug-likeness (QED) is 0.447. The largest absolute Gasteiger partial charge is 0.440 e. The van der Waals surface area contributed by atoms with Crippen LogP contribution in [0.25, 0.3) is 11.1 Å². The first-order chi connectivity index (χ1) is 13.8. The third kappa shape index (κ3) is 3.61. The van der Waals surface area contributed by atoms with E-state index in [9.17, 15) is 18.5 Å². The number of benzene rings is 2. The minimum Gasteiger partial charge on any atom is -0.440 e. The highest BCUT2D eigenvalue weighted by atomic mass is 35.5. The number of para-hydroxylation sites is 2. The number of oxazole rings is 1. The molecule has 1 saturated heterocycles. The second-order valence-electron chi connectivity index (χ2n) is 7.03. The molecule has 0 spiro atoms. The third-order valence-electron chi connectivity index (χ3n) is 5.17. The van der Waals surface area contributed by atoms with Gasteiger partial charge in [0, 0.05) is 30.6 Å². The minimum absolute atomic E-state index is 0.0466. The van der Waals surface area contributed by atoms with Gasteiger partial charge >= 0.3 is 0 Å². The van der Waals surface area contributed by atoms with Crippen molar-refractivity contribution in [3.63, 3.8) is 0 Å². The zero-order chi connectivity index (χ0) is 20.8. The minimum atomic E-state index is -3.95. The van der Waals surface area contributed by atoms with Gasteiger partial charge in [-0.15, -0.1) is 0 Å². The summed E-state index contributed by atoms with van der Waals surface area (Å²) in [4.78, 5) is 14.9. The lowest BCUT2D eigenvalue weighted by atomic mass is 10.00. The number of hydrogen-bond acceptors (Lipinski definition) is 6. The summed E-state index contributed by atoms with van der Waals surface area (Å²) in [5.41, 5.74) is 1.30. The van der Waals surface area contributed by atoms with E-state index in [1.807, 2.05) is 24.3 Å². The standard InChI is InChI=1S/C19H18ClN3O5S/c1-12-15(20)9-14(10-17(12)23(24)25)29(26,27)22-8-4-5-13(11-22)19-21-16-6-2-3-7-18(16)28-19/h2-3,6-7,9-10,13H,4-5,8,11H2,1H3. The van der Waals surface area contributed by atoms with Crippen LogP contribution in [0.15, 0.2) is 45.7 Å². The highest BCUT2D eigenvalue weighted by Gasteiger charge is 2.34. The van der Waals surface area contributed by atoms with E-state index in [1.54, 1.807) is 0 Å². The number of nitrogens with zero attached hydrogens (tertiary/aromatic N) is 3. The molecule has 0 saturated carbocycles. The van der Waals surface area contributed by atoms with E-state index in [2.05, 4.69) is 4.98 Å². The SMILES string of the molecule is Cc1c(Cl)cc(S(=O)(=O)N2CCCC(c3nc4ccccc4o3)C2)cc1[N+](=O)[O-]. The lowest BCUT2D eigenvalue weighted by molar-refractivity contribution is -0.385. The molecule has 2 aromatic carbocycles. The Morgan fingerprint density at radius 1 is 1.31 bits per heavy atom. The van der Waals surface area contributed by atoms with Crippen LogP contribution in [0, 0.1) is 17.0 Å². The van der Waals surface area contributed by atoms with E-state index in [4.69, 9.17) is 16.0 Å². The average Bonchev–Trinajstić information content (AvgIpc) is 3.14. The van der Waals surface area contributed by atoms with Crippen molar-refractivity contribution in [2.24, 2.45) is 0 Å². The van der Waals surface area contributed by atoms with Crippen molar-refractivity contribution in [2.45, 2.75) is 30.6 Å². The van der Waals surface area contributed by atoms with Crippen molar-refractivity contribution < 1.29 is 17.8 Å². The number of sulfonamides is 1. The van der Waals surface area contributed by atoms with Crippen LogP contribution in [-0.2, 0) is 10.0 Å². The van der Waals surface area contributed by atoms with Crippen molar-refractivity contribution in [1.82, 2.24) is 9.29 Å². The van der Waals surface area contributed by atoms with Crippen molar-refractivity contribution in [3.8, 4) is 0 Å². The molecule has 1 aliphatic rings. The van der Waals surface area contributed by atoms with Gasteiger partial charge in [-0.3, -0.25) is 10.1 Å². The molecular weight excluding hydrogens is 418 g/mol. The van der Waals surface area contributed by atoms with Crippen LogP contribution in [0.3, 0.4) is 0 Å². The highest BCUT2D eigenvalue weighted by Crippen LogP contribution is 2.34. The van der Waals surface area contributed by atoms with E-state index in [1.165, 1.54) is 17.3 Å². The fourth-order valence-electron chi connectivity index (χ4n) is 3.55. The summed E-state index contributed by atoms with van der Waals surface area (Å²) in [5.74, 6) is 0.306. The number of piperidine rings is 1. The zero-order valence-corrected chi connectivity index (χ0v) is 17.1. The van der Waals surface area contributed by atoms with E-state index in [-0.39, 0.29) is 33.6 Å². The molecule has 10 heteroatoms. The van der Waals surface area contributed by atoms with Crippen molar-refractivity contribution in [3.05, 3.63) is 63.0 Å². The van der Waals surface area contributed by atoms with E-state index in [0.29, 0.717) is 24.4 Å². The molecule has 0 bridgehead atoms. The van der Waals surface area contributed by atoms with E-state index < -0.39 is 14.9 Å². The molecule has 3 aromatic rings. The summed E-state index contributed by atoms with van der Waals surface area (Å²) in [6.07, 6.45) is 1.37. The van der Waals surface area contributed by atoms with Crippen LogP contribution in [0.4, 0.5) is 5.69 Å². The monoisotopic (exact) mass is 435 g/mol. The van der Waals surface area contributed by atoms with Crippen LogP contribution in [-0.4, -0.2) is 35.7 Å². The van der Waals surface area contributed by atoms with Gasteiger partial charge in [-0.2, -0.15) is 4.31 Å². The molecular formula is C19H18ClN3O5S. The summed E-state index contributed by atoms with van der Waals surface area (Å²) in [6.45, 7) is 1.99. The number of fused-ring (bicyclic) bond motifs is 1. The molecule has 1 atom stereocenters. The maximum absolute atomic E-state index is 13.2. The summed E-state index contributed by atoms with van der Waals surface area (Å²) in [6, 6.07) is 9.70. The zero-order valence-electron chi connectivity index (χ0n) is 15.5. The summed E-state index contributed by atoms with van der Waals surface area (Å²) in [5, 5.41) is 11.3. The second-order valence-corrected chi connectivity index (χ2v) is 9.37. The summed E-state index contributed by atoms with van der Waals surface area (Å²) in [7, 11) is -3.95. The number of halogens is 1. The molecule has 0 N–H and O–H groups in total. The summed E-state index contributed by atoms with van der Waals surface area (Å²) < 4.78 is 33.5. The Labute approximate surface area is 172 Å². The highest BCUT2D eigenvalue weighted by molar-refractivity contribution is 7.89. The van der Waals surface area contributed by atoms with Crippen LogP contribution >= 0.6 is 11.6 Å². The molecule has 0 amide bonds. The van der Waals surface area contributed by atoms with Gasteiger partial charge in [0.25, 0.3) is 5.69 Å². The molecule has 0 radical (unpaired) electrons. The number of nitro groups is 1. The molecule has 1 aromatic heterocycles. The van der Waals surface area contributed by atoms with Gasteiger partial charge in [0.1, 0.15) is 5.52 Å². The molecule has 2 heterocycles. The van der Waals surface area contributed by atoms with Gasteiger partial charge in [0.2, 0.25) is 10.0 Å². The first-order valence-corrected chi connectivity index (χ1v) is 10.9. The normalized spacial score (nSPS) is 18.2. The molecule has 1 unspecified atom stereocenters. The average molecular weight is 436 g/mol. The maximum atomic E-state index is 13.2. The lowest BCUT2D eigenvalue weighted by Crippen LogP contribution is -2.39. The van der Waals surface area contributed by atoms with Gasteiger partial charge in [-0.25, -0.2) is 13.4 Å².